The van der Waals surface area contributed by atoms with E-state index in [0.717, 1.165) is 19.3 Å². The Hall–Kier alpha value is -1.99. The minimum absolute atomic E-state index is 0.424. The van der Waals surface area contributed by atoms with Crippen molar-refractivity contribution in [2.24, 2.45) is 0 Å². The van der Waals surface area contributed by atoms with Crippen LogP contribution in [0.5, 0.6) is 0 Å². The van der Waals surface area contributed by atoms with Gasteiger partial charge in [-0.3, -0.25) is 0 Å². The Morgan fingerprint density at radius 1 is 0.917 bits per heavy atom. The highest BCUT2D eigenvalue weighted by Crippen LogP contribution is 2.27. The van der Waals surface area contributed by atoms with Gasteiger partial charge < -0.3 is 4.90 Å². The van der Waals surface area contributed by atoms with Crippen LogP contribution in [-0.2, 0) is 22.9 Å². The summed E-state index contributed by atoms with van der Waals surface area (Å²) < 4.78 is 27.4. The number of piperazine rings is 1. The fourth-order valence-electron chi connectivity index (χ4n) is 3.44. The Labute approximate surface area is 142 Å². The predicted molar refractivity (Wildman–Crippen MR) is 91.5 cm³/mol. The molecule has 1 aromatic carbocycles. The number of aryl methyl sites for hydroxylation is 2. The van der Waals surface area contributed by atoms with Gasteiger partial charge in [-0.05, 0) is 48.6 Å². The molecule has 0 atom stereocenters. The zero-order valence-corrected chi connectivity index (χ0v) is 14.2. The smallest absolute Gasteiger partial charge is 0.243 e. The molecule has 0 amide bonds. The lowest BCUT2D eigenvalue weighted by atomic mass is 10.1. The molecule has 0 N–H and O–H groups in total. The van der Waals surface area contributed by atoms with Gasteiger partial charge in [-0.15, -0.1) is 0 Å². The third kappa shape index (κ3) is 2.78. The maximum atomic E-state index is 12.9. The van der Waals surface area contributed by atoms with Crippen LogP contribution in [0.1, 0.15) is 17.5 Å². The molecule has 0 saturated carbocycles. The number of nitrogens with zero attached hydrogens (tertiary/aromatic N) is 4. The maximum absolute atomic E-state index is 12.9. The number of hydrogen-bond acceptors (Lipinski definition) is 5. The SMILES string of the molecule is O=S(=O)(c1ccc2c(c1)CCC2)N1CCN(c2ncccn2)CC1. The summed E-state index contributed by atoms with van der Waals surface area (Å²) in [5.41, 5.74) is 2.48. The van der Waals surface area contributed by atoms with Crippen molar-refractivity contribution in [2.45, 2.75) is 24.2 Å². The summed E-state index contributed by atoms with van der Waals surface area (Å²) in [6, 6.07) is 7.37. The molecule has 1 aliphatic carbocycles. The average molecular weight is 344 g/mol. The Morgan fingerprint density at radius 3 is 2.38 bits per heavy atom. The van der Waals surface area contributed by atoms with Crippen molar-refractivity contribution >= 4 is 16.0 Å². The van der Waals surface area contributed by atoms with Gasteiger partial charge in [0, 0.05) is 38.6 Å². The summed E-state index contributed by atoms with van der Waals surface area (Å²) in [5, 5.41) is 0. The van der Waals surface area contributed by atoms with Gasteiger partial charge in [-0.25, -0.2) is 18.4 Å². The zero-order chi connectivity index (χ0) is 16.6. The Kier molecular flexibility index (Phi) is 3.97. The van der Waals surface area contributed by atoms with Gasteiger partial charge in [0.15, 0.2) is 0 Å². The summed E-state index contributed by atoms with van der Waals surface area (Å²) in [4.78, 5) is 10.9. The van der Waals surface area contributed by atoms with Gasteiger partial charge in [0.2, 0.25) is 16.0 Å². The van der Waals surface area contributed by atoms with Crippen LogP contribution in [0.2, 0.25) is 0 Å². The molecule has 1 aliphatic heterocycles. The third-order valence-corrected chi connectivity index (χ3v) is 6.68. The second-order valence-electron chi connectivity index (χ2n) is 6.22. The molecule has 126 valence electrons. The lowest BCUT2D eigenvalue weighted by Crippen LogP contribution is -2.49. The summed E-state index contributed by atoms with van der Waals surface area (Å²) in [6.45, 7) is 2.12. The van der Waals surface area contributed by atoms with Gasteiger partial charge in [0.05, 0.1) is 4.90 Å². The number of benzene rings is 1. The van der Waals surface area contributed by atoms with Crippen molar-refractivity contribution in [3.8, 4) is 0 Å². The Morgan fingerprint density at radius 2 is 1.62 bits per heavy atom. The van der Waals surface area contributed by atoms with E-state index in [-0.39, 0.29) is 0 Å². The molecule has 1 aromatic heterocycles. The molecule has 24 heavy (non-hydrogen) atoms. The molecular formula is C17H20N4O2S. The third-order valence-electron chi connectivity index (χ3n) is 4.78. The molecule has 0 radical (unpaired) electrons. The molecule has 0 unspecified atom stereocenters. The maximum Gasteiger partial charge on any atom is 0.243 e. The minimum atomic E-state index is -3.42. The van der Waals surface area contributed by atoms with Crippen molar-refractivity contribution in [3.05, 3.63) is 47.8 Å². The Balaban J connectivity index is 1.50. The first-order valence-corrected chi connectivity index (χ1v) is 9.72. The molecule has 2 aliphatic rings. The van der Waals surface area contributed by atoms with E-state index in [4.69, 9.17) is 0 Å². The molecular weight excluding hydrogens is 324 g/mol. The van der Waals surface area contributed by atoms with Gasteiger partial charge in [0.1, 0.15) is 0 Å². The van der Waals surface area contributed by atoms with E-state index >= 15 is 0 Å². The summed E-state index contributed by atoms with van der Waals surface area (Å²) in [7, 11) is -3.42. The molecule has 2 aromatic rings. The zero-order valence-electron chi connectivity index (χ0n) is 13.4. The molecule has 0 bridgehead atoms. The number of anilines is 1. The van der Waals surface area contributed by atoms with E-state index < -0.39 is 10.0 Å². The summed E-state index contributed by atoms with van der Waals surface area (Å²) in [5.74, 6) is 0.659. The topological polar surface area (TPSA) is 66.4 Å². The van der Waals surface area contributed by atoms with Crippen LogP contribution in [0.4, 0.5) is 5.95 Å². The van der Waals surface area contributed by atoms with Gasteiger partial charge in [0.25, 0.3) is 0 Å². The Bertz CT molecular complexity index is 831. The van der Waals surface area contributed by atoms with E-state index in [0.29, 0.717) is 37.0 Å². The highest BCUT2D eigenvalue weighted by atomic mass is 32.2. The van der Waals surface area contributed by atoms with Crippen molar-refractivity contribution in [2.75, 3.05) is 31.1 Å². The normalized spacial score (nSPS) is 18.6. The molecule has 0 spiro atoms. The van der Waals surface area contributed by atoms with E-state index in [1.54, 1.807) is 28.8 Å². The van der Waals surface area contributed by atoms with Crippen LogP contribution < -0.4 is 4.90 Å². The lowest BCUT2D eigenvalue weighted by molar-refractivity contribution is 0.382. The van der Waals surface area contributed by atoms with E-state index in [1.165, 1.54) is 11.1 Å². The van der Waals surface area contributed by atoms with Crippen LogP contribution >= 0.6 is 0 Å². The van der Waals surface area contributed by atoms with E-state index in [9.17, 15) is 8.42 Å². The van der Waals surface area contributed by atoms with Crippen LogP contribution in [0.15, 0.2) is 41.6 Å². The fraction of sp³-hybridized carbons (Fsp3) is 0.412. The molecule has 1 fully saturated rings. The average Bonchev–Trinajstić information content (AvgIpc) is 3.10. The highest BCUT2D eigenvalue weighted by Gasteiger charge is 2.30. The van der Waals surface area contributed by atoms with E-state index in [1.807, 2.05) is 17.0 Å². The predicted octanol–water partition coefficient (Wildman–Crippen LogP) is 1.48. The number of rotatable bonds is 3. The van der Waals surface area contributed by atoms with Gasteiger partial charge in [-0.2, -0.15) is 4.31 Å². The van der Waals surface area contributed by atoms with Crippen molar-refractivity contribution in [3.63, 3.8) is 0 Å². The minimum Gasteiger partial charge on any atom is -0.338 e. The first-order valence-electron chi connectivity index (χ1n) is 8.28. The van der Waals surface area contributed by atoms with Crippen molar-refractivity contribution in [1.29, 1.82) is 0 Å². The molecule has 7 heteroatoms. The first-order chi connectivity index (χ1) is 11.6. The quantitative estimate of drug-likeness (QED) is 0.844. The largest absolute Gasteiger partial charge is 0.338 e. The van der Waals surface area contributed by atoms with Crippen LogP contribution in [0, 0.1) is 0 Å². The van der Waals surface area contributed by atoms with Gasteiger partial charge in [-0.1, -0.05) is 6.07 Å². The number of hydrogen-bond donors (Lipinski definition) is 0. The molecule has 6 nitrogen and oxygen atoms in total. The van der Waals surface area contributed by atoms with Crippen LogP contribution in [-0.4, -0.2) is 48.9 Å². The number of aromatic nitrogens is 2. The first kappa shape index (κ1) is 15.5. The second-order valence-corrected chi connectivity index (χ2v) is 8.16. The lowest BCUT2D eigenvalue weighted by Gasteiger charge is -2.33. The van der Waals surface area contributed by atoms with Crippen molar-refractivity contribution in [1.82, 2.24) is 14.3 Å². The second kappa shape index (κ2) is 6.14. The molecule has 1 saturated heterocycles. The van der Waals surface area contributed by atoms with E-state index in [2.05, 4.69) is 9.97 Å². The summed E-state index contributed by atoms with van der Waals surface area (Å²) >= 11 is 0. The van der Waals surface area contributed by atoms with Crippen LogP contribution in [0.25, 0.3) is 0 Å². The monoisotopic (exact) mass is 344 g/mol. The van der Waals surface area contributed by atoms with Gasteiger partial charge >= 0.3 is 0 Å². The fourth-order valence-corrected chi connectivity index (χ4v) is 4.91. The number of fused-ring (bicyclic) bond motifs is 1. The van der Waals surface area contributed by atoms with Crippen LogP contribution in [0.3, 0.4) is 0 Å². The standard InChI is InChI=1S/C17H20N4O2S/c22-24(23,16-6-5-14-3-1-4-15(14)13-16)21-11-9-20(10-12-21)17-18-7-2-8-19-17/h2,5-8,13H,1,3-4,9-12H2. The highest BCUT2D eigenvalue weighted by molar-refractivity contribution is 7.89. The molecule has 2 heterocycles. The van der Waals surface area contributed by atoms with Crippen molar-refractivity contribution < 1.29 is 8.42 Å². The number of sulfonamides is 1. The molecule has 4 rings (SSSR count). The summed E-state index contributed by atoms with van der Waals surface area (Å²) in [6.07, 6.45) is 6.57.